The molecule has 0 saturated carbocycles. The lowest BCUT2D eigenvalue weighted by molar-refractivity contribution is 0.592. The molecule has 7 heteroatoms. The minimum absolute atomic E-state index is 0.186. The second kappa shape index (κ2) is 3.99. The number of para-hydroxylation sites is 1. The smallest absolute Gasteiger partial charge is 0.267 e. The van der Waals surface area contributed by atoms with Gasteiger partial charge in [-0.15, -0.1) is 0 Å². The van der Waals surface area contributed by atoms with Crippen LogP contribution in [0.5, 0.6) is 0 Å². The van der Waals surface area contributed by atoms with Crippen LogP contribution in [0.4, 0.5) is 11.4 Å². The molecule has 6 nitrogen and oxygen atoms in total. The fourth-order valence-electron chi connectivity index (χ4n) is 2.35. The third-order valence-electron chi connectivity index (χ3n) is 3.25. The standard InChI is InChI=1S/C12H14N4O2S/c1-15-8-10(7-14-15)19(17,18)16-6-5-9-3-2-4-11(13)12(9)16/h2-4,7-8H,5-6,13H2,1H3. The quantitative estimate of drug-likeness (QED) is 0.822. The molecular weight excluding hydrogens is 264 g/mol. The zero-order valence-electron chi connectivity index (χ0n) is 10.4. The molecule has 0 amide bonds. The van der Waals surface area contributed by atoms with Crippen molar-refractivity contribution in [1.29, 1.82) is 0 Å². The summed E-state index contributed by atoms with van der Waals surface area (Å²) in [5.41, 5.74) is 7.97. The van der Waals surface area contributed by atoms with Gasteiger partial charge in [-0.2, -0.15) is 5.10 Å². The van der Waals surface area contributed by atoms with Gasteiger partial charge in [0.25, 0.3) is 10.0 Å². The van der Waals surface area contributed by atoms with E-state index in [4.69, 9.17) is 5.73 Å². The van der Waals surface area contributed by atoms with E-state index in [1.807, 2.05) is 12.1 Å². The molecule has 2 N–H and O–H groups in total. The Kier molecular flexibility index (Phi) is 2.53. The van der Waals surface area contributed by atoms with Gasteiger partial charge in [-0.25, -0.2) is 8.42 Å². The van der Waals surface area contributed by atoms with Crippen LogP contribution in [-0.2, 0) is 23.5 Å². The fourth-order valence-corrected chi connectivity index (χ4v) is 3.87. The van der Waals surface area contributed by atoms with Crippen LogP contribution in [0.25, 0.3) is 0 Å². The Labute approximate surface area is 111 Å². The molecule has 19 heavy (non-hydrogen) atoms. The Hall–Kier alpha value is -2.02. The summed E-state index contributed by atoms with van der Waals surface area (Å²) in [4.78, 5) is 0.186. The lowest BCUT2D eigenvalue weighted by Crippen LogP contribution is -2.29. The van der Waals surface area contributed by atoms with Crippen LogP contribution in [0.3, 0.4) is 0 Å². The molecule has 0 unspecified atom stereocenters. The molecule has 1 aromatic carbocycles. The van der Waals surface area contributed by atoms with Crippen molar-refractivity contribution in [2.75, 3.05) is 16.6 Å². The summed E-state index contributed by atoms with van der Waals surface area (Å²) in [6, 6.07) is 5.47. The maximum atomic E-state index is 12.6. The van der Waals surface area contributed by atoms with Crippen molar-refractivity contribution >= 4 is 21.4 Å². The van der Waals surface area contributed by atoms with Gasteiger partial charge in [0.2, 0.25) is 0 Å². The first-order chi connectivity index (χ1) is 9.00. The van der Waals surface area contributed by atoms with E-state index in [2.05, 4.69) is 5.10 Å². The molecule has 0 atom stereocenters. The van der Waals surface area contributed by atoms with Gasteiger partial charge < -0.3 is 5.73 Å². The molecular formula is C12H14N4O2S. The van der Waals surface area contributed by atoms with E-state index < -0.39 is 10.0 Å². The Bertz CT molecular complexity index is 736. The highest BCUT2D eigenvalue weighted by Gasteiger charge is 2.33. The molecule has 0 spiro atoms. The molecule has 0 radical (unpaired) electrons. The van der Waals surface area contributed by atoms with Crippen LogP contribution in [-0.4, -0.2) is 24.7 Å². The van der Waals surface area contributed by atoms with Gasteiger partial charge in [-0.3, -0.25) is 8.99 Å². The van der Waals surface area contributed by atoms with Crippen LogP contribution in [0.15, 0.2) is 35.5 Å². The summed E-state index contributed by atoms with van der Waals surface area (Å²) in [5, 5.41) is 3.91. The van der Waals surface area contributed by atoms with E-state index >= 15 is 0 Å². The number of benzene rings is 1. The van der Waals surface area contributed by atoms with Crippen molar-refractivity contribution in [3.8, 4) is 0 Å². The molecule has 2 heterocycles. The van der Waals surface area contributed by atoms with Gasteiger partial charge in [0.15, 0.2) is 0 Å². The Morgan fingerprint density at radius 1 is 1.37 bits per heavy atom. The van der Waals surface area contributed by atoms with Crippen LogP contribution in [0.2, 0.25) is 0 Å². The van der Waals surface area contributed by atoms with Gasteiger partial charge in [0, 0.05) is 19.8 Å². The van der Waals surface area contributed by atoms with Crippen LogP contribution >= 0.6 is 0 Å². The van der Waals surface area contributed by atoms with Crippen LogP contribution in [0.1, 0.15) is 5.56 Å². The molecule has 0 saturated heterocycles. The average molecular weight is 278 g/mol. The summed E-state index contributed by atoms with van der Waals surface area (Å²) in [6.45, 7) is 0.417. The molecule has 0 fully saturated rings. The number of fused-ring (bicyclic) bond motifs is 1. The number of aryl methyl sites for hydroxylation is 1. The average Bonchev–Trinajstić information content (AvgIpc) is 2.96. The molecule has 100 valence electrons. The van der Waals surface area contributed by atoms with Crippen molar-refractivity contribution in [2.45, 2.75) is 11.3 Å². The summed E-state index contributed by atoms with van der Waals surface area (Å²) in [5.74, 6) is 0. The van der Waals surface area contributed by atoms with Crippen molar-refractivity contribution in [2.24, 2.45) is 7.05 Å². The van der Waals surface area contributed by atoms with Crippen molar-refractivity contribution in [1.82, 2.24) is 9.78 Å². The first-order valence-corrected chi connectivity index (χ1v) is 7.33. The maximum absolute atomic E-state index is 12.6. The number of rotatable bonds is 2. The Morgan fingerprint density at radius 3 is 2.84 bits per heavy atom. The van der Waals surface area contributed by atoms with E-state index in [0.717, 1.165) is 5.56 Å². The van der Waals surface area contributed by atoms with E-state index in [1.165, 1.54) is 21.4 Å². The summed E-state index contributed by atoms with van der Waals surface area (Å²) in [7, 11) is -1.90. The number of hydrogen-bond donors (Lipinski definition) is 1. The van der Waals surface area contributed by atoms with Crippen molar-refractivity contribution in [3.63, 3.8) is 0 Å². The largest absolute Gasteiger partial charge is 0.397 e. The lowest BCUT2D eigenvalue weighted by Gasteiger charge is -2.19. The minimum Gasteiger partial charge on any atom is -0.397 e. The highest BCUT2D eigenvalue weighted by Crippen LogP contribution is 2.37. The number of aromatic nitrogens is 2. The zero-order valence-corrected chi connectivity index (χ0v) is 11.3. The highest BCUT2D eigenvalue weighted by molar-refractivity contribution is 7.92. The maximum Gasteiger partial charge on any atom is 0.267 e. The van der Waals surface area contributed by atoms with Gasteiger partial charge in [0.1, 0.15) is 4.90 Å². The van der Waals surface area contributed by atoms with E-state index in [-0.39, 0.29) is 4.90 Å². The lowest BCUT2D eigenvalue weighted by atomic mass is 10.1. The van der Waals surface area contributed by atoms with Gasteiger partial charge in [0.05, 0.1) is 17.6 Å². The number of hydrogen-bond acceptors (Lipinski definition) is 4. The third kappa shape index (κ3) is 1.77. The van der Waals surface area contributed by atoms with Crippen molar-refractivity contribution < 1.29 is 8.42 Å². The predicted molar refractivity (Wildman–Crippen MR) is 72.3 cm³/mol. The third-order valence-corrected chi connectivity index (χ3v) is 5.01. The fraction of sp³-hybridized carbons (Fsp3) is 0.250. The molecule has 0 aliphatic carbocycles. The van der Waals surface area contributed by atoms with E-state index in [9.17, 15) is 8.42 Å². The molecule has 0 bridgehead atoms. The first kappa shape index (κ1) is 12.0. The Balaban J connectivity index is 2.11. The van der Waals surface area contributed by atoms with Gasteiger partial charge >= 0.3 is 0 Å². The zero-order chi connectivity index (χ0) is 13.6. The number of anilines is 2. The highest BCUT2D eigenvalue weighted by atomic mass is 32.2. The topological polar surface area (TPSA) is 81.2 Å². The predicted octanol–water partition coefficient (Wildman–Crippen LogP) is 0.754. The second-order valence-electron chi connectivity index (χ2n) is 4.53. The molecule has 3 rings (SSSR count). The van der Waals surface area contributed by atoms with Gasteiger partial charge in [-0.05, 0) is 18.1 Å². The van der Waals surface area contributed by atoms with E-state index in [0.29, 0.717) is 24.3 Å². The molecule has 1 aliphatic rings. The van der Waals surface area contributed by atoms with Crippen LogP contribution < -0.4 is 10.0 Å². The summed E-state index contributed by atoms with van der Waals surface area (Å²) >= 11 is 0. The second-order valence-corrected chi connectivity index (χ2v) is 6.39. The minimum atomic E-state index is -3.58. The van der Waals surface area contributed by atoms with E-state index in [1.54, 1.807) is 13.1 Å². The molecule has 1 aliphatic heterocycles. The number of nitrogen functional groups attached to an aromatic ring is 1. The number of nitrogens with zero attached hydrogens (tertiary/aromatic N) is 3. The van der Waals surface area contributed by atoms with Gasteiger partial charge in [-0.1, -0.05) is 12.1 Å². The first-order valence-electron chi connectivity index (χ1n) is 5.89. The number of nitrogens with two attached hydrogens (primary N) is 1. The Morgan fingerprint density at radius 2 is 2.16 bits per heavy atom. The molecule has 2 aromatic rings. The molecule has 1 aromatic heterocycles. The monoisotopic (exact) mass is 278 g/mol. The SMILES string of the molecule is Cn1cc(S(=O)(=O)N2CCc3cccc(N)c32)cn1. The number of sulfonamides is 1. The summed E-state index contributed by atoms with van der Waals surface area (Å²) in [6.07, 6.45) is 3.53. The normalized spacial score (nSPS) is 14.7. The van der Waals surface area contributed by atoms with Crippen LogP contribution in [0, 0.1) is 0 Å². The summed E-state index contributed by atoms with van der Waals surface area (Å²) < 4.78 is 28.0. The van der Waals surface area contributed by atoms with Crippen molar-refractivity contribution in [3.05, 3.63) is 36.2 Å².